The molecule has 0 fully saturated rings. The van der Waals surface area contributed by atoms with Crippen LogP contribution in [-0.2, 0) is 4.79 Å². The largest absolute Gasteiger partial charge is 0.492 e. The predicted molar refractivity (Wildman–Crippen MR) is 108 cm³/mol. The van der Waals surface area contributed by atoms with Gasteiger partial charge in [0, 0.05) is 11.1 Å². The maximum Gasteiger partial charge on any atom is 0.262 e. The minimum atomic E-state index is -0.396. The third-order valence-corrected chi connectivity index (χ3v) is 4.05. The highest BCUT2D eigenvalue weighted by Crippen LogP contribution is 2.23. The number of nitrogens with one attached hydrogen (secondary N) is 1. The van der Waals surface area contributed by atoms with E-state index in [0.29, 0.717) is 34.9 Å². The van der Waals surface area contributed by atoms with E-state index in [1.807, 2.05) is 13.0 Å². The van der Waals surface area contributed by atoms with E-state index >= 15 is 0 Å². The van der Waals surface area contributed by atoms with Crippen molar-refractivity contribution in [3.63, 3.8) is 0 Å². The highest BCUT2D eigenvalue weighted by Gasteiger charge is 2.11. The summed E-state index contributed by atoms with van der Waals surface area (Å²) < 4.78 is 23.9. The van der Waals surface area contributed by atoms with Crippen LogP contribution in [0.4, 0.5) is 10.1 Å². The third-order valence-electron chi connectivity index (χ3n) is 4.05. The van der Waals surface area contributed by atoms with Crippen LogP contribution in [0.2, 0.25) is 0 Å². The highest BCUT2D eigenvalue weighted by atomic mass is 19.1. The molecule has 5 nitrogen and oxygen atoms in total. The van der Waals surface area contributed by atoms with Crippen molar-refractivity contribution in [2.45, 2.75) is 6.92 Å². The zero-order valence-corrected chi connectivity index (χ0v) is 15.9. The van der Waals surface area contributed by atoms with Gasteiger partial charge in [0.05, 0.1) is 12.3 Å². The number of carbonyl (C=O) groups is 2. The quantitative estimate of drug-likeness (QED) is 0.574. The molecule has 0 bridgehead atoms. The van der Waals surface area contributed by atoms with Crippen LogP contribution in [0.3, 0.4) is 0 Å². The molecule has 3 aromatic carbocycles. The Morgan fingerprint density at radius 1 is 0.862 bits per heavy atom. The summed E-state index contributed by atoms with van der Waals surface area (Å²) in [4.78, 5) is 24.5. The summed E-state index contributed by atoms with van der Waals surface area (Å²) in [6.07, 6.45) is 0. The third kappa shape index (κ3) is 5.42. The number of rotatable bonds is 8. The fourth-order valence-electron chi connectivity index (χ4n) is 2.66. The molecule has 0 spiro atoms. The van der Waals surface area contributed by atoms with Gasteiger partial charge in [-0.2, -0.15) is 0 Å². The lowest BCUT2D eigenvalue weighted by Crippen LogP contribution is -2.20. The van der Waals surface area contributed by atoms with E-state index in [-0.39, 0.29) is 18.3 Å². The van der Waals surface area contributed by atoms with Crippen molar-refractivity contribution < 1.29 is 23.5 Å². The molecule has 3 rings (SSSR count). The number of hydrogen-bond donors (Lipinski definition) is 1. The fraction of sp³-hybridized carbons (Fsp3) is 0.130. The molecule has 0 aliphatic heterocycles. The molecule has 0 aliphatic rings. The zero-order chi connectivity index (χ0) is 20.6. The number of carbonyl (C=O) groups excluding carboxylic acids is 2. The number of anilines is 1. The molecule has 0 atom stereocenters. The Balaban J connectivity index is 1.57. The van der Waals surface area contributed by atoms with Gasteiger partial charge >= 0.3 is 0 Å². The van der Waals surface area contributed by atoms with Crippen molar-refractivity contribution in [1.29, 1.82) is 0 Å². The molecule has 1 N–H and O–H groups in total. The smallest absolute Gasteiger partial charge is 0.262 e. The van der Waals surface area contributed by atoms with Crippen molar-refractivity contribution in [1.82, 2.24) is 0 Å². The Morgan fingerprint density at radius 3 is 2.14 bits per heavy atom. The van der Waals surface area contributed by atoms with Crippen molar-refractivity contribution in [2.75, 3.05) is 18.5 Å². The molecule has 29 heavy (non-hydrogen) atoms. The van der Waals surface area contributed by atoms with Crippen LogP contribution in [0.15, 0.2) is 72.8 Å². The van der Waals surface area contributed by atoms with Gasteiger partial charge in [0.2, 0.25) is 0 Å². The van der Waals surface area contributed by atoms with Crippen LogP contribution < -0.4 is 14.8 Å². The van der Waals surface area contributed by atoms with E-state index in [9.17, 15) is 14.0 Å². The van der Waals surface area contributed by atoms with Gasteiger partial charge in [-0.3, -0.25) is 9.59 Å². The molecule has 0 saturated heterocycles. The topological polar surface area (TPSA) is 64.6 Å². The highest BCUT2D eigenvalue weighted by molar-refractivity contribution is 6.09. The lowest BCUT2D eigenvalue weighted by Gasteiger charge is -2.12. The first-order valence-corrected chi connectivity index (χ1v) is 9.11. The number of amides is 1. The Labute approximate surface area is 168 Å². The zero-order valence-electron chi connectivity index (χ0n) is 15.9. The average molecular weight is 393 g/mol. The maximum atomic E-state index is 13.0. The predicted octanol–water partition coefficient (Wildman–Crippen LogP) is 4.47. The summed E-state index contributed by atoms with van der Waals surface area (Å²) >= 11 is 0. The van der Waals surface area contributed by atoms with E-state index < -0.39 is 5.82 Å². The number of hydrogen-bond acceptors (Lipinski definition) is 4. The van der Waals surface area contributed by atoms with Gasteiger partial charge in [-0.1, -0.05) is 12.1 Å². The normalized spacial score (nSPS) is 10.3. The Bertz CT molecular complexity index is 985. The van der Waals surface area contributed by atoms with Gasteiger partial charge in [0.15, 0.2) is 12.4 Å². The summed E-state index contributed by atoms with van der Waals surface area (Å²) in [5.74, 6) is 0.0961. The molecule has 148 valence electrons. The molecule has 0 unspecified atom stereocenters. The maximum absolute atomic E-state index is 13.0. The van der Waals surface area contributed by atoms with E-state index in [1.165, 1.54) is 24.3 Å². The molecule has 0 heterocycles. The second-order valence-corrected chi connectivity index (χ2v) is 6.13. The molecule has 0 aliphatic carbocycles. The molecular formula is C23H20FNO4. The molecule has 1 amide bonds. The fourth-order valence-corrected chi connectivity index (χ4v) is 2.66. The number of benzene rings is 3. The van der Waals surface area contributed by atoms with Gasteiger partial charge < -0.3 is 14.8 Å². The van der Waals surface area contributed by atoms with Crippen LogP contribution >= 0.6 is 0 Å². The van der Waals surface area contributed by atoms with Crippen LogP contribution in [0.25, 0.3) is 0 Å². The van der Waals surface area contributed by atoms with Gasteiger partial charge in [-0.15, -0.1) is 0 Å². The monoisotopic (exact) mass is 393 g/mol. The Kier molecular flexibility index (Phi) is 6.58. The average Bonchev–Trinajstić information content (AvgIpc) is 2.74. The second-order valence-electron chi connectivity index (χ2n) is 6.13. The first-order chi connectivity index (χ1) is 14.1. The van der Waals surface area contributed by atoms with E-state index in [2.05, 4.69) is 5.32 Å². The SMILES string of the molecule is CCOc1ccccc1NC(=O)COc1ccc(C(=O)c2ccc(F)cc2)cc1. The first-order valence-electron chi connectivity index (χ1n) is 9.11. The van der Waals surface area contributed by atoms with Gasteiger partial charge in [-0.25, -0.2) is 4.39 Å². The van der Waals surface area contributed by atoms with Crippen LogP contribution in [0.1, 0.15) is 22.8 Å². The van der Waals surface area contributed by atoms with E-state index in [1.54, 1.807) is 42.5 Å². The molecule has 3 aromatic rings. The number of ketones is 1. The summed E-state index contributed by atoms with van der Waals surface area (Å²) in [5, 5.41) is 2.75. The number of ether oxygens (including phenoxy) is 2. The molecule has 0 aromatic heterocycles. The summed E-state index contributed by atoms with van der Waals surface area (Å²) in [6.45, 7) is 2.17. The lowest BCUT2D eigenvalue weighted by molar-refractivity contribution is -0.118. The van der Waals surface area contributed by atoms with Crippen molar-refractivity contribution in [3.05, 3.63) is 89.7 Å². The van der Waals surface area contributed by atoms with Crippen molar-refractivity contribution in [2.24, 2.45) is 0 Å². The summed E-state index contributed by atoms with van der Waals surface area (Å²) in [5.41, 5.74) is 1.41. The Hall–Kier alpha value is -3.67. The van der Waals surface area contributed by atoms with Gasteiger partial charge in [0.1, 0.15) is 17.3 Å². The molecule has 6 heteroatoms. The minimum absolute atomic E-state index is 0.189. The van der Waals surface area contributed by atoms with Crippen molar-refractivity contribution >= 4 is 17.4 Å². The van der Waals surface area contributed by atoms with Gasteiger partial charge in [0.25, 0.3) is 5.91 Å². The van der Waals surface area contributed by atoms with Crippen molar-refractivity contribution in [3.8, 4) is 11.5 Å². The first kappa shape index (κ1) is 20.1. The molecular weight excluding hydrogens is 373 g/mol. The second kappa shape index (κ2) is 9.50. The molecule has 0 radical (unpaired) electrons. The summed E-state index contributed by atoms with van der Waals surface area (Å²) in [6, 6.07) is 18.9. The molecule has 0 saturated carbocycles. The standard InChI is InChI=1S/C23H20FNO4/c1-2-28-21-6-4-3-5-20(21)25-22(26)15-29-19-13-9-17(10-14-19)23(27)16-7-11-18(24)12-8-16/h3-14H,2,15H2,1H3,(H,25,26). The minimum Gasteiger partial charge on any atom is -0.492 e. The van der Waals surface area contributed by atoms with Crippen LogP contribution in [-0.4, -0.2) is 24.9 Å². The van der Waals surface area contributed by atoms with Crippen LogP contribution in [0, 0.1) is 5.82 Å². The Morgan fingerprint density at radius 2 is 1.48 bits per heavy atom. The van der Waals surface area contributed by atoms with Gasteiger partial charge in [-0.05, 0) is 67.6 Å². The summed E-state index contributed by atoms with van der Waals surface area (Å²) in [7, 11) is 0. The van der Waals surface area contributed by atoms with E-state index in [0.717, 1.165) is 0 Å². The number of para-hydroxylation sites is 2. The van der Waals surface area contributed by atoms with E-state index in [4.69, 9.17) is 9.47 Å². The van der Waals surface area contributed by atoms with Crippen LogP contribution in [0.5, 0.6) is 11.5 Å². The number of halogens is 1. The lowest BCUT2D eigenvalue weighted by atomic mass is 10.0.